The van der Waals surface area contributed by atoms with Crippen LogP contribution < -0.4 is 0 Å². The van der Waals surface area contributed by atoms with Crippen molar-refractivity contribution in [1.29, 1.82) is 0 Å². The van der Waals surface area contributed by atoms with Crippen molar-refractivity contribution in [3.8, 4) is 5.69 Å². The molecule has 0 unspecified atom stereocenters. The fourth-order valence-corrected chi connectivity index (χ4v) is 2.16. The molecule has 0 bridgehead atoms. The highest BCUT2D eigenvalue weighted by atomic mass is 79.9. The highest BCUT2D eigenvalue weighted by Gasteiger charge is 2.16. The summed E-state index contributed by atoms with van der Waals surface area (Å²) in [7, 11) is 0. The second-order valence-corrected chi connectivity index (χ2v) is 5.07. The van der Waals surface area contributed by atoms with Gasteiger partial charge in [-0.3, -0.25) is 0 Å². The molecule has 3 nitrogen and oxygen atoms in total. The molecule has 18 heavy (non-hydrogen) atoms. The highest BCUT2D eigenvalue weighted by Crippen LogP contribution is 2.27. The summed E-state index contributed by atoms with van der Waals surface area (Å²) < 4.78 is 15.9. The van der Waals surface area contributed by atoms with E-state index in [1.807, 2.05) is 13.8 Å². The molecule has 0 saturated carbocycles. The van der Waals surface area contributed by atoms with Crippen LogP contribution in [0, 0.1) is 19.7 Å². The first-order valence-electron chi connectivity index (χ1n) is 5.61. The van der Waals surface area contributed by atoms with Gasteiger partial charge >= 0.3 is 0 Å². The largest absolute Gasteiger partial charge is 0.389 e. The Kier molecular flexibility index (Phi) is 3.54. The lowest BCUT2D eigenvalue weighted by molar-refractivity contribution is 0.198. The van der Waals surface area contributed by atoms with Crippen molar-refractivity contribution in [2.24, 2.45) is 0 Å². The molecule has 5 heteroatoms. The second-order valence-electron chi connectivity index (χ2n) is 4.28. The van der Waals surface area contributed by atoms with Gasteiger partial charge < -0.3 is 5.11 Å². The van der Waals surface area contributed by atoms with Gasteiger partial charge in [0, 0.05) is 5.56 Å². The first-order chi connectivity index (χ1) is 8.41. The van der Waals surface area contributed by atoms with Crippen LogP contribution in [0.3, 0.4) is 0 Å². The van der Waals surface area contributed by atoms with Gasteiger partial charge in [0.15, 0.2) is 0 Å². The molecule has 1 aromatic heterocycles. The maximum absolute atomic E-state index is 13.3. The van der Waals surface area contributed by atoms with Gasteiger partial charge in [-0.25, -0.2) is 9.07 Å². The average Bonchev–Trinajstić information content (AvgIpc) is 2.57. The van der Waals surface area contributed by atoms with Gasteiger partial charge in [0.2, 0.25) is 0 Å². The normalized spacial score (nSPS) is 12.8. The zero-order chi connectivity index (χ0) is 13.4. The number of aromatic nitrogens is 2. The van der Waals surface area contributed by atoms with Crippen molar-refractivity contribution in [3.05, 3.63) is 45.4 Å². The monoisotopic (exact) mass is 312 g/mol. The third-order valence-corrected chi connectivity index (χ3v) is 4.02. The Morgan fingerprint density at radius 3 is 2.56 bits per heavy atom. The van der Waals surface area contributed by atoms with Crippen LogP contribution in [0.2, 0.25) is 0 Å². The lowest BCUT2D eigenvalue weighted by atomic mass is 10.1. The Balaban J connectivity index is 2.67. The number of hydrogen-bond donors (Lipinski definition) is 1. The van der Waals surface area contributed by atoms with Gasteiger partial charge in [-0.15, -0.1) is 0 Å². The van der Waals surface area contributed by atoms with Crippen LogP contribution in [-0.2, 0) is 0 Å². The van der Waals surface area contributed by atoms with Gasteiger partial charge in [0.05, 0.1) is 27.7 Å². The number of hydrogen-bond acceptors (Lipinski definition) is 2. The maximum atomic E-state index is 13.3. The van der Waals surface area contributed by atoms with E-state index in [-0.39, 0.29) is 5.82 Å². The molecule has 0 aliphatic rings. The van der Waals surface area contributed by atoms with E-state index in [0.29, 0.717) is 11.3 Å². The molecule has 0 spiro atoms. The standard InChI is InChI=1S/C13H14BrFN2O/c1-7-13(14)8(2)17(16-7)12-5-4-10(15)6-11(12)9(3)18/h4-6,9,18H,1-3H3/t9-/m0/s1. The zero-order valence-corrected chi connectivity index (χ0v) is 12.0. The first kappa shape index (κ1) is 13.2. The van der Waals surface area contributed by atoms with Crippen molar-refractivity contribution in [3.63, 3.8) is 0 Å². The van der Waals surface area contributed by atoms with Gasteiger partial charge in [0.25, 0.3) is 0 Å². The Morgan fingerprint density at radius 2 is 2.06 bits per heavy atom. The van der Waals surface area contributed by atoms with E-state index in [4.69, 9.17) is 0 Å². The Bertz CT molecular complexity index is 593. The highest BCUT2D eigenvalue weighted by molar-refractivity contribution is 9.10. The van der Waals surface area contributed by atoms with Crippen LogP contribution in [0.1, 0.15) is 30.0 Å². The SMILES string of the molecule is Cc1nn(-c2ccc(F)cc2[C@H](C)O)c(C)c1Br. The second kappa shape index (κ2) is 4.82. The molecular weight excluding hydrogens is 299 g/mol. The van der Waals surface area contributed by atoms with Crippen molar-refractivity contribution >= 4 is 15.9 Å². The molecule has 0 aliphatic heterocycles. The molecular formula is C13H14BrFN2O. The van der Waals surface area contributed by atoms with E-state index >= 15 is 0 Å². The van der Waals surface area contributed by atoms with Crippen LogP contribution in [-0.4, -0.2) is 14.9 Å². The first-order valence-corrected chi connectivity index (χ1v) is 6.40. The molecule has 1 atom stereocenters. The third kappa shape index (κ3) is 2.20. The molecule has 0 amide bonds. The van der Waals surface area contributed by atoms with E-state index in [2.05, 4.69) is 21.0 Å². The minimum absolute atomic E-state index is 0.366. The van der Waals surface area contributed by atoms with E-state index in [9.17, 15) is 9.50 Å². The minimum Gasteiger partial charge on any atom is -0.389 e. The van der Waals surface area contributed by atoms with Gasteiger partial charge in [0.1, 0.15) is 5.82 Å². The predicted molar refractivity (Wildman–Crippen MR) is 71.3 cm³/mol. The van der Waals surface area contributed by atoms with Crippen LogP contribution in [0.5, 0.6) is 0 Å². The fourth-order valence-electron chi connectivity index (χ4n) is 1.91. The molecule has 2 rings (SSSR count). The molecule has 0 fully saturated rings. The lowest BCUT2D eigenvalue weighted by Gasteiger charge is -2.13. The number of nitrogens with zero attached hydrogens (tertiary/aromatic N) is 2. The predicted octanol–water partition coefficient (Wildman–Crippen LogP) is 3.44. The topological polar surface area (TPSA) is 38.0 Å². The third-order valence-electron chi connectivity index (χ3n) is 2.87. The maximum Gasteiger partial charge on any atom is 0.123 e. The molecule has 96 valence electrons. The van der Waals surface area contributed by atoms with E-state index in [0.717, 1.165) is 15.9 Å². The number of aliphatic hydroxyl groups is 1. The summed E-state index contributed by atoms with van der Waals surface area (Å²) in [5.74, 6) is -0.366. The number of rotatable bonds is 2. The van der Waals surface area contributed by atoms with Crippen molar-refractivity contribution in [2.45, 2.75) is 26.9 Å². The van der Waals surface area contributed by atoms with Gasteiger partial charge in [-0.2, -0.15) is 5.10 Å². The zero-order valence-electron chi connectivity index (χ0n) is 10.4. The molecule has 0 aliphatic carbocycles. The van der Waals surface area contributed by atoms with Crippen molar-refractivity contribution < 1.29 is 9.50 Å². The summed E-state index contributed by atoms with van der Waals surface area (Å²) >= 11 is 3.45. The average molecular weight is 313 g/mol. The molecule has 1 N–H and O–H groups in total. The summed E-state index contributed by atoms with van der Waals surface area (Å²) in [5, 5.41) is 14.1. The van der Waals surface area contributed by atoms with Crippen molar-refractivity contribution in [1.82, 2.24) is 9.78 Å². The summed E-state index contributed by atoms with van der Waals surface area (Å²) in [5.41, 5.74) is 2.99. The lowest BCUT2D eigenvalue weighted by Crippen LogP contribution is -2.06. The van der Waals surface area contributed by atoms with E-state index in [1.54, 1.807) is 17.7 Å². The van der Waals surface area contributed by atoms with Gasteiger partial charge in [-0.1, -0.05) is 0 Å². The molecule has 1 aromatic carbocycles. The van der Waals surface area contributed by atoms with Gasteiger partial charge in [-0.05, 0) is 54.9 Å². The van der Waals surface area contributed by atoms with Crippen LogP contribution in [0.4, 0.5) is 4.39 Å². The summed E-state index contributed by atoms with van der Waals surface area (Å²) in [6, 6.07) is 4.33. The Morgan fingerprint density at radius 1 is 1.39 bits per heavy atom. The minimum atomic E-state index is -0.751. The molecule has 0 radical (unpaired) electrons. The number of halogens is 2. The number of benzene rings is 1. The summed E-state index contributed by atoms with van der Waals surface area (Å²) in [4.78, 5) is 0. The quantitative estimate of drug-likeness (QED) is 0.922. The van der Waals surface area contributed by atoms with Crippen LogP contribution in [0.15, 0.2) is 22.7 Å². The van der Waals surface area contributed by atoms with E-state index < -0.39 is 6.10 Å². The summed E-state index contributed by atoms with van der Waals surface area (Å²) in [6.07, 6.45) is -0.751. The number of aliphatic hydroxyl groups excluding tert-OH is 1. The number of aryl methyl sites for hydroxylation is 1. The summed E-state index contributed by atoms with van der Waals surface area (Å²) in [6.45, 7) is 5.41. The smallest absolute Gasteiger partial charge is 0.123 e. The van der Waals surface area contributed by atoms with Crippen LogP contribution >= 0.6 is 15.9 Å². The molecule has 1 heterocycles. The molecule has 0 saturated heterocycles. The molecule has 2 aromatic rings. The van der Waals surface area contributed by atoms with Crippen LogP contribution in [0.25, 0.3) is 5.69 Å². The fraction of sp³-hybridized carbons (Fsp3) is 0.308. The van der Waals surface area contributed by atoms with E-state index in [1.165, 1.54) is 12.1 Å². The van der Waals surface area contributed by atoms with Crippen molar-refractivity contribution in [2.75, 3.05) is 0 Å². The Hall–Kier alpha value is -1.20. The Labute approximate surface area is 113 Å².